The zero-order valence-corrected chi connectivity index (χ0v) is 9.45. The SMILES string of the molecule is N#Cc1ccc(NC(=O)c2cc(C(=O)O)on2)cc1. The fourth-order valence-electron chi connectivity index (χ4n) is 1.31. The van der Waals surface area contributed by atoms with Crippen LogP contribution in [0.5, 0.6) is 0 Å². The lowest BCUT2D eigenvalue weighted by molar-refractivity contribution is 0.0651. The number of benzene rings is 1. The summed E-state index contributed by atoms with van der Waals surface area (Å²) in [6.45, 7) is 0. The van der Waals surface area contributed by atoms with Gasteiger partial charge >= 0.3 is 5.97 Å². The van der Waals surface area contributed by atoms with Crippen LogP contribution < -0.4 is 5.32 Å². The molecule has 19 heavy (non-hydrogen) atoms. The lowest BCUT2D eigenvalue weighted by Gasteiger charge is -2.01. The summed E-state index contributed by atoms with van der Waals surface area (Å²) in [5.74, 6) is -2.31. The fraction of sp³-hybridized carbons (Fsp3) is 0. The Kier molecular flexibility index (Phi) is 3.25. The number of carbonyl (C=O) groups excluding carboxylic acids is 1. The minimum absolute atomic E-state index is 0.137. The maximum absolute atomic E-state index is 11.7. The van der Waals surface area contributed by atoms with Crippen molar-refractivity contribution in [2.75, 3.05) is 5.32 Å². The van der Waals surface area contributed by atoms with Gasteiger partial charge in [-0.25, -0.2) is 4.79 Å². The number of anilines is 1. The minimum atomic E-state index is -1.30. The summed E-state index contributed by atoms with van der Waals surface area (Å²) in [6.07, 6.45) is 0. The number of nitrogens with one attached hydrogen (secondary N) is 1. The number of rotatable bonds is 3. The Balaban J connectivity index is 2.11. The highest BCUT2D eigenvalue weighted by molar-refractivity contribution is 6.03. The van der Waals surface area contributed by atoms with E-state index < -0.39 is 17.6 Å². The van der Waals surface area contributed by atoms with E-state index in [9.17, 15) is 9.59 Å². The summed E-state index contributed by atoms with van der Waals surface area (Å²) < 4.78 is 4.47. The number of carboxylic acid groups (broad SMARTS) is 1. The summed E-state index contributed by atoms with van der Waals surface area (Å²) in [7, 11) is 0. The molecule has 0 atom stereocenters. The molecule has 1 heterocycles. The first-order valence-electron chi connectivity index (χ1n) is 5.11. The predicted octanol–water partition coefficient (Wildman–Crippen LogP) is 1.50. The molecular formula is C12H7N3O4. The molecule has 7 nitrogen and oxygen atoms in total. The molecule has 0 saturated heterocycles. The number of amides is 1. The van der Waals surface area contributed by atoms with Gasteiger partial charge in [0.1, 0.15) is 0 Å². The number of carboxylic acids is 1. The topological polar surface area (TPSA) is 116 Å². The van der Waals surface area contributed by atoms with Gasteiger partial charge in [-0.15, -0.1) is 0 Å². The van der Waals surface area contributed by atoms with Crippen LogP contribution in [0, 0.1) is 11.3 Å². The van der Waals surface area contributed by atoms with E-state index in [1.807, 2.05) is 6.07 Å². The van der Waals surface area contributed by atoms with Gasteiger partial charge in [-0.1, -0.05) is 5.16 Å². The second kappa shape index (κ2) is 5.01. The number of aromatic carboxylic acids is 1. The Morgan fingerprint density at radius 1 is 1.32 bits per heavy atom. The third-order valence-corrected chi connectivity index (χ3v) is 2.23. The van der Waals surface area contributed by atoms with Gasteiger partial charge in [0, 0.05) is 11.8 Å². The molecule has 0 bridgehead atoms. The second-order valence-electron chi connectivity index (χ2n) is 3.52. The third-order valence-electron chi connectivity index (χ3n) is 2.23. The lowest BCUT2D eigenvalue weighted by atomic mass is 10.2. The Morgan fingerprint density at radius 2 is 2.00 bits per heavy atom. The van der Waals surface area contributed by atoms with Gasteiger partial charge in [-0.3, -0.25) is 4.79 Å². The predicted molar refractivity (Wildman–Crippen MR) is 62.6 cm³/mol. The Morgan fingerprint density at radius 3 is 2.53 bits per heavy atom. The minimum Gasteiger partial charge on any atom is -0.475 e. The van der Waals surface area contributed by atoms with E-state index in [0.717, 1.165) is 6.07 Å². The van der Waals surface area contributed by atoms with Crippen LogP contribution in [0.1, 0.15) is 26.6 Å². The first kappa shape index (κ1) is 12.3. The third kappa shape index (κ3) is 2.76. The average Bonchev–Trinajstić information content (AvgIpc) is 2.89. The van der Waals surface area contributed by atoms with Gasteiger partial charge in [0.2, 0.25) is 5.76 Å². The summed E-state index contributed by atoms with van der Waals surface area (Å²) in [5.41, 5.74) is 0.790. The standard InChI is InChI=1S/C12H7N3O4/c13-6-7-1-3-8(4-2-7)14-11(16)9-5-10(12(17)18)19-15-9/h1-5H,(H,14,16)(H,17,18). The summed E-state index contributed by atoms with van der Waals surface area (Å²) in [5, 5.41) is 23.1. The van der Waals surface area contributed by atoms with E-state index in [-0.39, 0.29) is 5.69 Å². The maximum Gasteiger partial charge on any atom is 0.374 e. The van der Waals surface area contributed by atoms with Crippen LogP contribution in [0.15, 0.2) is 34.9 Å². The van der Waals surface area contributed by atoms with Crippen LogP contribution in [-0.4, -0.2) is 22.1 Å². The highest BCUT2D eigenvalue weighted by atomic mass is 16.5. The van der Waals surface area contributed by atoms with E-state index in [0.29, 0.717) is 11.3 Å². The summed E-state index contributed by atoms with van der Waals surface area (Å²) >= 11 is 0. The van der Waals surface area contributed by atoms with Crippen LogP contribution in [0.3, 0.4) is 0 Å². The molecule has 1 aromatic heterocycles. The number of nitriles is 1. The number of hydrogen-bond donors (Lipinski definition) is 2. The van der Waals surface area contributed by atoms with Gasteiger partial charge < -0.3 is 14.9 Å². The normalized spacial score (nSPS) is 9.63. The number of hydrogen-bond acceptors (Lipinski definition) is 5. The first-order chi connectivity index (χ1) is 9.10. The fourth-order valence-corrected chi connectivity index (χ4v) is 1.31. The van der Waals surface area contributed by atoms with Crippen molar-refractivity contribution in [3.63, 3.8) is 0 Å². The zero-order valence-electron chi connectivity index (χ0n) is 9.45. The van der Waals surface area contributed by atoms with Crippen molar-refractivity contribution in [2.24, 2.45) is 0 Å². The molecule has 1 amide bonds. The van der Waals surface area contributed by atoms with Crippen molar-refractivity contribution in [1.82, 2.24) is 5.16 Å². The highest BCUT2D eigenvalue weighted by Gasteiger charge is 2.16. The molecule has 0 aliphatic heterocycles. The molecule has 0 aliphatic carbocycles. The smallest absolute Gasteiger partial charge is 0.374 e. The van der Waals surface area contributed by atoms with Gasteiger partial charge in [-0.05, 0) is 24.3 Å². The molecule has 0 radical (unpaired) electrons. The van der Waals surface area contributed by atoms with Crippen molar-refractivity contribution < 1.29 is 19.2 Å². The summed E-state index contributed by atoms with van der Waals surface area (Å²) in [6, 6.07) is 9.16. The molecule has 1 aromatic carbocycles. The van der Waals surface area contributed by atoms with Crippen molar-refractivity contribution in [2.45, 2.75) is 0 Å². The molecule has 0 saturated carbocycles. The molecule has 7 heteroatoms. The largest absolute Gasteiger partial charge is 0.475 e. The molecule has 0 aliphatic rings. The van der Waals surface area contributed by atoms with Crippen LogP contribution >= 0.6 is 0 Å². The van der Waals surface area contributed by atoms with E-state index in [4.69, 9.17) is 10.4 Å². The highest BCUT2D eigenvalue weighted by Crippen LogP contribution is 2.11. The monoisotopic (exact) mass is 257 g/mol. The Hall–Kier alpha value is -3.14. The number of aromatic nitrogens is 1. The van der Waals surface area contributed by atoms with Gasteiger partial charge in [-0.2, -0.15) is 5.26 Å². The van der Waals surface area contributed by atoms with Gasteiger partial charge in [0.15, 0.2) is 5.69 Å². The van der Waals surface area contributed by atoms with Crippen molar-refractivity contribution in [3.05, 3.63) is 47.3 Å². The Labute approximate surface area is 107 Å². The van der Waals surface area contributed by atoms with Crippen molar-refractivity contribution >= 4 is 17.6 Å². The molecule has 0 fully saturated rings. The summed E-state index contributed by atoms with van der Waals surface area (Å²) in [4.78, 5) is 22.3. The number of nitrogens with zero attached hydrogens (tertiary/aromatic N) is 2. The van der Waals surface area contributed by atoms with E-state index in [1.54, 1.807) is 24.3 Å². The van der Waals surface area contributed by atoms with Crippen LogP contribution in [0.2, 0.25) is 0 Å². The molecule has 0 unspecified atom stereocenters. The van der Waals surface area contributed by atoms with Crippen LogP contribution in [0.4, 0.5) is 5.69 Å². The molecule has 0 spiro atoms. The molecule has 2 N–H and O–H groups in total. The van der Waals surface area contributed by atoms with E-state index >= 15 is 0 Å². The van der Waals surface area contributed by atoms with Crippen LogP contribution in [-0.2, 0) is 0 Å². The second-order valence-corrected chi connectivity index (χ2v) is 3.52. The molecule has 94 valence electrons. The Bertz CT molecular complexity index is 667. The maximum atomic E-state index is 11.7. The van der Waals surface area contributed by atoms with E-state index in [2.05, 4.69) is 15.0 Å². The average molecular weight is 257 g/mol. The van der Waals surface area contributed by atoms with Crippen molar-refractivity contribution in [3.8, 4) is 6.07 Å². The lowest BCUT2D eigenvalue weighted by Crippen LogP contribution is -2.12. The zero-order chi connectivity index (χ0) is 13.8. The molecule has 2 aromatic rings. The van der Waals surface area contributed by atoms with E-state index in [1.165, 1.54) is 0 Å². The molecule has 2 rings (SSSR count). The molecular weight excluding hydrogens is 250 g/mol. The van der Waals surface area contributed by atoms with Gasteiger partial charge in [0.05, 0.1) is 11.6 Å². The quantitative estimate of drug-likeness (QED) is 0.860. The van der Waals surface area contributed by atoms with Gasteiger partial charge in [0.25, 0.3) is 5.91 Å². The number of carbonyl (C=O) groups is 2. The van der Waals surface area contributed by atoms with Crippen LogP contribution in [0.25, 0.3) is 0 Å². The van der Waals surface area contributed by atoms with Crippen molar-refractivity contribution in [1.29, 1.82) is 5.26 Å². The first-order valence-corrected chi connectivity index (χ1v) is 5.11.